The molecule has 1 aliphatic carbocycles. The second kappa shape index (κ2) is 9.31. The SMILES string of the molecule is CC1C=CC=CC1Cc1cc(C(=O)Oc2cc(Cc3cccc4ccccc34)n[nH]c2=O)n[nH]1. The van der Waals surface area contributed by atoms with E-state index in [9.17, 15) is 9.59 Å². The minimum Gasteiger partial charge on any atom is -0.416 e. The van der Waals surface area contributed by atoms with Gasteiger partial charge in [-0.05, 0) is 40.7 Å². The smallest absolute Gasteiger partial charge is 0.364 e. The number of fused-ring (bicyclic) bond motifs is 1. The van der Waals surface area contributed by atoms with Gasteiger partial charge in [-0.15, -0.1) is 0 Å². The monoisotopic (exact) mass is 452 g/mol. The number of carbonyl (C=O) groups is 1. The molecule has 0 fully saturated rings. The van der Waals surface area contributed by atoms with E-state index < -0.39 is 11.5 Å². The molecule has 0 saturated carbocycles. The van der Waals surface area contributed by atoms with Crippen molar-refractivity contribution >= 4 is 16.7 Å². The number of aromatic amines is 2. The molecule has 5 rings (SSSR count). The van der Waals surface area contributed by atoms with Gasteiger partial charge in [-0.3, -0.25) is 9.89 Å². The molecule has 2 N–H and O–H groups in total. The maximum Gasteiger partial charge on any atom is 0.364 e. The number of carbonyl (C=O) groups excluding carboxylic acids is 1. The van der Waals surface area contributed by atoms with Crippen molar-refractivity contribution in [2.45, 2.75) is 19.8 Å². The lowest BCUT2D eigenvalue weighted by molar-refractivity contribution is 0.0725. The van der Waals surface area contributed by atoms with E-state index >= 15 is 0 Å². The summed E-state index contributed by atoms with van der Waals surface area (Å²) in [6.45, 7) is 2.15. The number of nitrogens with one attached hydrogen (secondary N) is 2. The van der Waals surface area contributed by atoms with Gasteiger partial charge in [0.15, 0.2) is 11.4 Å². The molecule has 1 aliphatic rings. The molecule has 2 atom stereocenters. The van der Waals surface area contributed by atoms with Gasteiger partial charge in [0.1, 0.15) is 0 Å². The number of nitrogens with zero attached hydrogens (tertiary/aromatic N) is 2. The van der Waals surface area contributed by atoms with Crippen LogP contribution in [-0.2, 0) is 12.8 Å². The van der Waals surface area contributed by atoms with Crippen molar-refractivity contribution in [1.29, 1.82) is 0 Å². The van der Waals surface area contributed by atoms with Gasteiger partial charge in [-0.25, -0.2) is 9.89 Å². The Morgan fingerprint density at radius 3 is 2.71 bits per heavy atom. The Morgan fingerprint density at radius 2 is 1.82 bits per heavy atom. The zero-order chi connectivity index (χ0) is 23.5. The number of hydrogen-bond acceptors (Lipinski definition) is 5. The quantitative estimate of drug-likeness (QED) is 0.423. The van der Waals surface area contributed by atoms with Crippen LogP contribution in [0.25, 0.3) is 10.8 Å². The van der Waals surface area contributed by atoms with E-state index in [4.69, 9.17) is 4.74 Å². The second-order valence-corrected chi connectivity index (χ2v) is 8.53. The van der Waals surface area contributed by atoms with Crippen molar-refractivity contribution in [1.82, 2.24) is 20.4 Å². The second-order valence-electron chi connectivity index (χ2n) is 8.53. The van der Waals surface area contributed by atoms with Crippen LogP contribution in [0.3, 0.4) is 0 Å². The first kappa shape index (κ1) is 21.6. The van der Waals surface area contributed by atoms with E-state index in [1.165, 1.54) is 6.07 Å². The predicted molar refractivity (Wildman–Crippen MR) is 130 cm³/mol. The number of hydrogen-bond donors (Lipinski definition) is 2. The summed E-state index contributed by atoms with van der Waals surface area (Å²) in [5, 5.41) is 15.8. The van der Waals surface area contributed by atoms with E-state index in [2.05, 4.69) is 39.5 Å². The Hall–Kier alpha value is -4.26. The molecule has 7 heteroatoms. The average Bonchev–Trinajstić information content (AvgIpc) is 3.32. The van der Waals surface area contributed by atoms with Crippen LogP contribution >= 0.6 is 0 Å². The Kier molecular flexibility index (Phi) is 5.91. The molecule has 2 aromatic carbocycles. The third-order valence-electron chi connectivity index (χ3n) is 6.13. The van der Waals surface area contributed by atoms with Gasteiger partial charge in [0, 0.05) is 18.2 Å². The van der Waals surface area contributed by atoms with Gasteiger partial charge in [0.2, 0.25) is 0 Å². The van der Waals surface area contributed by atoms with Gasteiger partial charge < -0.3 is 4.74 Å². The van der Waals surface area contributed by atoms with Crippen LogP contribution in [-0.4, -0.2) is 26.4 Å². The topological polar surface area (TPSA) is 101 Å². The molecule has 0 aliphatic heterocycles. The van der Waals surface area contributed by atoms with Gasteiger partial charge >= 0.3 is 11.5 Å². The standard InChI is InChI=1S/C27H24N4O3/c1-17-7-2-3-9-19(17)13-21-15-24(30-28-21)27(33)34-25-16-22(29-31-26(25)32)14-20-11-6-10-18-8-4-5-12-23(18)20/h2-12,15-17,19H,13-14H2,1H3,(H,28,30)(H,31,32). The molecule has 0 amide bonds. The molecular weight excluding hydrogens is 428 g/mol. The van der Waals surface area contributed by atoms with Gasteiger partial charge in [0.05, 0.1) is 5.69 Å². The minimum atomic E-state index is -0.692. The van der Waals surface area contributed by atoms with Gasteiger partial charge in [-0.1, -0.05) is 73.7 Å². The maximum absolute atomic E-state index is 12.7. The molecule has 170 valence electrons. The molecule has 7 nitrogen and oxygen atoms in total. The summed E-state index contributed by atoms with van der Waals surface area (Å²) >= 11 is 0. The van der Waals surface area contributed by atoms with Gasteiger partial charge in [-0.2, -0.15) is 10.2 Å². The number of benzene rings is 2. The Balaban J connectivity index is 1.31. The molecule has 0 radical (unpaired) electrons. The molecule has 34 heavy (non-hydrogen) atoms. The fraction of sp³-hybridized carbons (Fsp3) is 0.185. The molecule has 0 bridgehead atoms. The third-order valence-corrected chi connectivity index (χ3v) is 6.13. The fourth-order valence-electron chi connectivity index (χ4n) is 4.23. The first-order valence-corrected chi connectivity index (χ1v) is 11.2. The number of allylic oxidation sites excluding steroid dienone is 4. The van der Waals surface area contributed by atoms with Crippen LogP contribution in [0.4, 0.5) is 0 Å². The lowest BCUT2D eigenvalue weighted by atomic mass is 9.86. The highest BCUT2D eigenvalue weighted by atomic mass is 16.5. The lowest BCUT2D eigenvalue weighted by Gasteiger charge is -2.19. The Morgan fingerprint density at radius 1 is 1.00 bits per heavy atom. The van der Waals surface area contributed by atoms with Crippen LogP contribution < -0.4 is 10.3 Å². The van der Waals surface area contributed by atoms with Crippen molar-refractivity contribution in [3.8, 4) is 5.75 Å². The minimum absolute atomic E-state index is 0.103. The van der Waals surface area contributed by atoms with E-state index in [0.29, 0.717) is 24.0 Å². The number of esters is 1. The summed E-state index contributed by atoms with van der Waals surface area (Å²) < 4.78 is 5.39. The van der Waals surface area contributed by atoms with E-state index in [0.717, 1.165) is 28.5 Å². The number of H-pyrrole nitrogens is 2. The van der Waals surface area contributed by atoms with Crippen LogP contribution in [0.5, 0.6) is 5.75 Å². The molecule has 2 heterocycles. The van der Waals surface area contributed by atoms with Crippen molar-refractivity contribution < 1.29 is 9.53 Å². The van der Waals surface area contributed by atoms with Crippen molar-refractivity contribution in [3.05, 3.63) is 112 Å². The molecule has 0 saturated heterocycles. The normalized spacial score (nSPS) is 17.2. The highest BCUT2D eigenvalue weighted by Crippen LogP contribution is 2.23. The van der Waals surface area contributed by atoms with Crippen molar-refractivity contribution in [2.24, 2.45) is 11.8 Å². The van der Waals surface area contributed by atoms with Crippen molar-refractivity contribution in [3.63, 3.8) is 0 Å². The Bertz CT molecular complexity index is 1460. The van der Waals surface area contributed by atoms with E-state index in [1.807, 2.05) is 54.6 Å². The fourth-order valence-corrected chi connectivity index (χ4v) is 4.23. The van der Waals surface area contributed by atoms with E-state index in [1.54, 1.807) is 6.07 Å². The highest BCUT2D eigenvalue weighted by Gasteiger charge is 2.19. The molecule has 4 aromatic rings. The first-order valence-electron chi connectivity index (χ1n) is 11.2. The summed E-state index contributed by atoms with van der Waals surface area (Å²) in [5.74, 6) is -0.0653. The number of ether oxygens (including phenoxy) is 1. The summed E-state index contributed by atoms with van der Waals surface area (Å²) in [5.41, 5.74) is 2.05. The van der Waals surface area contributed by atoms with Gasteiger partial charge in [0.25, 0.3) is 0 Å². The average molecular weight is 453 g/mol. The summed E-state index contributed by atoms with van der Waals surface area (Å²) in [6.07, 6.45) is 9.59. The summed E-state index contributed by atoms with van der Waals surface area (Å²) in [7, 11) is 0. The largest absolute Gasteiger partial charge is 0.416 e. The Labute approximate surface area is 196 Å². The van der Waals surface area contributed by atoms with Crippen molar-refractivity contribution in [2.75, 3.05) is 0 Å². The molecular formula is C27H24N4O3. The van der Waals surface area contributed by atoms with Crippen LogP contribution in [0.1, 0.15) is 34.4 Å². The molecule has 0 spiro atoms. The lowest BCUT2D eigenvalue weighted by Crippen LogP contribution is -2.18. The highest BCUT2D eigenvalue weighted by molar-refractivity contribution is 5.89. The predicted octanol–water partition coefficient (Wildman–Crippen LogP) is 4.38. The third kappa shape index (κ3) is 4.59. The maximum atomic E-state index is 12.7. The summed E-state index contributed by atoms with van der Waals surface area (Å²) in [4.78, 5) is 24.9. The zero-order valence-corrected chi connectivity index (χ0v) is 18.7. The van der Waals surface area contributed by atoms with Crippen LogP contribution in [0, 0.1) is 11.8 Å². The number of rotatable bonds is 6. The van der Waals surface area contributed by atoms with Crippen LogP contribution in [0.2, 0.25) is 0 Å². The first-order chi connectivity index (χ1) is 16.6. The van der Waals surface area contributed by atoms with E-state index in [-0.39, 0.29) is 11.4 Å². The van der Waals surface area contributed by atoms with Crippen LogP contribution in [0.15, 0.2) is 83.7 Å². The summed E-state index contributed by atoms with van der Waals surface area (Å²) in [6, 6.07) is 17.3. The number of aromatic nitrogens is 4. The zero-order valence-electron chi connectivity index (χ0n) is 18.7. The molecule has 2 unspecified atom stereocenters. The molecule has 2 aromatic heterocycles.